The summed E-state index contributed by atoms with van der Waals surface area (Å²) < 4.78 is 5.34. The van der Waals surface area contributed by atoms with Crippen molar-refractivity contribution in [1.82, 2.24) is 10.6 Å². The van der Waals surface area contributed by atoms with Crippen LogP contribution in [-0.2, 0) is 25.5 Å². The third-order valence-corrected chi connectivity index (χ3v) is 4.70. The molecular formula is C22H30N2O5. The minimum atomic E-state index is -0.537. The number of carbonyl (C=O) groups is 3. The van der Waals surface area contributed by atoms with E-state index in [9.17, 15) is 14.4 Å². The molecule has 2 rings (SSSR count). The number of hydrogen-bond donors (Lipinski definition) is 3. The monoisotopic (exact) mass is 402 g/mol. The standard InChI is InChI=1S/C22H30N2O5/c1-16(14-25)23-20(26)13-18-10-6-3-7-11-21(27)29-15-19(24-22(18)28)12-17-8-4-2-5-9-17/h2-6,8-9,16,18-19,25H,7,10-15H2,1H3,(H,23,26)(H,24,28). The molecule has 7 nitrogen and oxygen atoms in total. The second-order valence-corrected chi connectivity index (χ2v) is 7.38. The molecule has 0 fully saturated rings. The van der Waals surface area contributed by atoms with E-state index >= 15 is 0 Å². The van der Waals surface area contributed by atoms with Gasteiger partial charge >= 0.3 is 5.97 Å². The number of aliphatic hydroxyl groups is 1. The van der Waals surface area contributed by atoms with E-state index in [-0.39, 0.29) is 55.9 Å². The molecule has 0 aliphatic carbocycles. The number of carbonyl (C=O) groups excluding carboxylic acids is 3. The Bertz CT molecular complexity index is 704. The van der Waals surface area contributed by atoms with Crippen LogP contribution < -0.4 is 10.6 Å². The normalized spacial score (nSPS) is 21.9. The van der Waals surface area contributed by atoms with E-state index in [4.69, 9.17) is 9.84 Å². The first-order chi connectivity index (χ1) is 14.0. The van der Waals surface area contributed by atoms with Crippen molar-refractivity contribution in [3.8, 4) is 0 Å². The molecule has 0 bridgehead atoms. The van der Waals surface area contributed by atoms with E-state index in [1.54, 1.807) is 6.92 Å². The Hall–Kier alpha value is -2.67. The zero-order chi connectivity index (χ0) is 21.1. The van der Waals surface area contributed by atoms with Crippen LogP contribution in [0.2, 0.25) is 0 Å². The number of benzene rings is 1. The van der Waals surface area contributed by atoms with Gasteiger partial charge < -0.3 is 20.5 Å². The summed E-state index contributed by atoms with van der Waals surface area (Å²) in [6.45, 7) is 1.62. The fraction of sp³-hybridized carbons (Fsp3) is 0.500. The Balaban J connectivity index is 2.10. The highest BCUT2D eigenvalue weighted by Crippen LogP contribution is 2.14. The van der Waals surface area contributed by atoms with Gasteiger partial charge in [0, 0.05) is 18.9 Å². The first kappa shape index (κ1) is 22.6. The van der Waals surface area contributed by atoms with Crippen LogP contribution in [0.3, 0.4) is 0 Å². The lowest BCUT2D eigenvalue weighted by atomic mass is 9.97. The average molecular weight is 402 g/mol. The number of hydrogen-bond acceptors (Lipinski definition) is 5. The van der Waals surface area contributed by atoms with Crippen LogP contribution in [0.5, 0.6) is 0 Å². The number of cyclic esters (lactones) is 1. The number of ether oxygens (including phenoxy) is 1. The molecule has 7 heteroatoms. The zero-order valence-electron chi connectivity index (χ0n) is 16.8. The van der Waals surface area contributed by atoms with Gasteiger partial charge in [0.25, 0.3) is 0 Å². The maximum absolute atomic E-state index is 12.9. The molecule has 3 unspecified atom stereocenters. The van der Waals surface area contributed by atoms with Crippen LogP contribution in [0.1, 0.15) is 38.2 Å². The van der Waals surface area contributed by atoms with Gasteiger partial charge in [-0.1, -0.05) is 42.5 Å². The lowest BCUT2D eigenvalue weighted by Crippen LogP contribution is -2.45. The second kappa shape index (κ2) is 12.0. The molecule has 2 amide bonds. The van der Waals surface area contributed by atoms with Crippen LogP contribution in [0, 0.1) is 5.92 Å². The summed E-state index contributed by atoms with van der Waals surface area (Å²) in [4.78, 5) is 37.0. The molecule has 0 spiro atoms. The summed E-state index contributed by atoms with van der Waals surface area (Å²) in [7, 11) is 0. The molecule has 1 aromatic carbocycles. The van der Waals surface area contributed by atoms with Crippen LogP contribution >= 0.6 is 0 Å². The summed E-state index contributed by atoms with van der Waals surface area (Å²) in [6, 6.07) is 8.91. The molecule has 158 valence electrons. The van der Waals surface area contributed by atoms with E-state index in [1.807, 2.05) is 42.5 Å². The Morgan fingerprint density at radius 2 is 2.03 bits per heavy atom. The van der Waals surface area contributed by atoms with E-state index < -0.39 is 5.92 Å². The van der Waals surface area contributed by atoms with Gasteiger partial charge in [0.15, 0.2) is 0 Å². The highest BCUT2D eigenvalue weighted by molar-refractivity contribution is 5.86. The van der Waals surface area contributed by atoms with Crippen molar-refractivity contribution >= 4 is 17.8 Å². The zero-order valence-corrected chi connectivity index (χ0v) is 16.8. The summed E-state index contributed by atoms with van der Waals surface area (Å²) in [5.41, 5.74) is 1.02. The van der Waals surface area contributed by atoms with Crippen LogP contribution in [0.25, 0.3) is 0 Å². The maximum Gasteiger partial charge on any atom is 0.306 e. The van der Waals surface area contributed by atoms with Crippen molar-refractivity contribution in [2.24, 2.45) is 5.92 Å². The van der Waals surface area contributed by atoms with Crippen molar-refractivity contribution < 1.29 is 24.2 Å². The number of rotatable bonds is 6. The van der Waals surface area contributed by atoms with Gasteiger partial charge in [-0.2, -0.15) is 0 Å². The van der Waals surface area contributed by atoms with Crippen molar-refractivity contribution in [2.45, 2.75) is 51.1 Å². The molecule has 3 atom stereocenters. The number of esters is 1. The van der Waals surface area contributed by atoms with Gasteiger partial charge in [0.05, 0.1) is 18.6 Å². The summed E-state index contributed by atoms with van der Waals surface area (Å²) in [5.74, 6) is -1.36. The quantitative estimate of drug-likeness (QED) is 0.494. The predicted molar refractivity (Wildman–Crippen MR) is 109 cm³/mol. The first-order valence-electron chi connectivity index (χ1n) is 10.0. The van der Waals surface area contributed by atoms with Crippen molar-refractivity contribution in [2.75, 3.05) is 13.2 Å². The summed E-state index contributed by atoms with van der Waals surface area (Å²) >= 11 is 0. The van der Waals surface area contributed by atoms with Crippen molar-refractivity contribution in [3.05, 3.63) is 48.0 Å². The lowest BCUT2D eigenvalue weighted by Gasteiger charge is -2.23. The molecule has 1 aromatic rings. The largest absolute Gasteiger partial charge is 0.463 e. The van der Waals surface area contributed by atoms with Gasteiger partial charge in [-0.25, -0.2) is 0 Å². The predicted octanol–water partition coefficient (Wildman–Crippen LogP) is 1.50. The third-order valence-electron chi connectivity index (χ3n) is 4.70. The molecule has 29 heavy (non-hydrogen) atoms. The third kappa shape index (κ3) is 8.48. The molecule has 0 saturated carbocycles. The SMILES string of the molecule is CC(CO)NC(=O)CC1CC=CCCC(=O)OCC(Cc2ccccc2)NC1=O. The van der Waals surface area contributed by atoms with Gasteiger partial charge in [0.1, 0.15) is 6.61 Å². The van der Waals surface area contributed by atoms with Crippen molar-refractivity contribution in [3.63, 3.8) is 0 Å². The lowest BCUT2D eigenvalue weighted by molar-refractivity contribution is -0.145. The fourth-order valence-electron chi connectivity index (χ4n) is 3.10. The minimum absolute atomic E-state index is 0.0261. The van der Waals surface area contributed by atoms with E-state index in [2.05, 4.69) is 10.6 Å². The molecule has 0 radical (unpaired) electrons. The van der Waals surface area contributed by atoms with Gasteiger partial charge in [-0.05, 0) is 31.7 Å². The number of aliphatic hydroxyl groups excluding tert-OH is 1. The molecule has 1 aliphatic rings. The molecule has 1 aliphatic heterocycles. The first-order valence-corrected chi connectivity index (χ1v) is 10.0. The van der Waals surface area contributed by atoms with Crippen LogP contribution in [0.15, 0.2) is 42.5 Å². The number of nitrogens with one attached hydrogen (secondary N) is 2. The van der Waals surface area contributed by atoms with E-state index in [1.165, 1.54) is 0 Å². The molecule has 0 aromatic heterocycles. The Morgan fingerprint density at radius 3 is 2.76 bits per heavy atom. The smallest absolute Gasteiger partial charge is 0.306 e. The van der Waals surface area contributed by atoms with Crippen molar-refractivity contribution in [1.29, 1.82) is 0 Å². The molecule has 1 heterocycles. The fourth-order valence-corrected chi connectivity index (χ4v) is 3.10. The highest BCUT2D eigenvalue weighted by Gasteiger charge is 2.25. The Kier molecular flexibility index (Phi) is 9.37. The Morgan fingerprint density at radius 1 is 1.28 bits per heavy atom. The van der Waals surface area contributed by atoms with E-state index in [0.717, 1.165) is 5.56 Å². The maximum atomic E-state index is 12.9. The summed E-state index contributed by atoms with van der Waals surface area (Å²) in [6.07, 6.45) is 5.42. The minimum Gasteiger partial charge on any atom is -0.463 e. The second-order valence-electron chi connectivity index (χ2n) is 7.38. The topological polar surface area (TPSA) is 105 Å². The summed E-state index contributed by atoms with van der Waals surface area (Å²) in [5, 5.41) is 14.7. The van der Waals surface area contributed by atoms with Crippen LogP contribution in [0.4, 0.5) is 0 Å². The average Bonchev–Trinajstić information content (AvgIpc) is 2.70. The van der Waals surface area contributed by atoms with Gasteiger partial charge in [-0.15, -0.1) is 0 Å². The number of amides is 2. The van der Waals surface area contributed by atoms with Gasteiger partial charge in [0.2, 0.25) is 11.8 Å². The Labute approximate surface area is 171 Å². The van der Waals surface area contributed by atoms with E-state index in [0.29, 0.717) is 19.3 Å². The molecule has 0 saturated heterocycles. The molecule has 3 N–H and O–H groups in total. The highest BCUT2D eigenvalue weighted by atomic mass is 16.5. The van der Waals surface area contributed by atoms with Gasteiger partial charge in [-0.3, -0.25) is 14.4 Å². The van der Waals surface area contributed by atoms with Crippen LogP contribution in [-0.4, -0.2) is 48.2 Å². The number of allylic oxidation sites excluding steroid dienone is 2. The molecular weight excluding hydrogens is 372 g/mol.